The maximum atomic E-state index is 13.6. The standard InChI is InChI=1S/C16H21FN2O3.ClH/c1-11-10-19(8-7-18-11)16(21)6-4-14(20)12-3-5-15(22-2)13(17)9-12;/h3,5,9,11,18H,4,6-8,10H2,1-2H3;1H. The molecule has 1 saturated heterocycles. The van der Waals surface area contributed by atoms with Gasteiger partial charge in [0.15, 0.2) is 17.3 Å². The van der Waals surface area contributed by atoms with Gasteiger partial charge in [0.1, 0.15) is 0 Å². The number of Topliss-reactive ketones (excluding diaryl/α,β-unsaturated/α-hetero) is 1. The van der Waals surface area contributed by atoms with Crippen molar-refractivity contribution in [3.63, 3.8) is 0 Å². The fraction of sp³-hybridized carbons (Fsp3) is 0.500. The van der Waals surface area contributed by atoms with Crippen LogP contribution in [0.4, 0.5) is 4.39 Å². The first kappa shape index (κ1) is 19.4. The summed E-state index contributed by atoms with van der Waals surface area (Å²) in [4.78, 5) is 25.9. The first-order valence-electron chi connectivity index (χ1n) is 7.39. The molecule has 1 heterocycles. The number of hydrogen-bond acceptors (Lipinski definition) is 4. The van der Waals surface area contributed by atoms with Crippen LogP contribution >= 0.6 is 12.4 Å². The lowest BCUT2D eigenvalue weighted by Gasteiger charge is -2.31. The van der Waals surface area contributed by atoms with E-state index < -0.39 is 5.82 Å². The minimum atomic E-state index is -0.574. The minimum Gasteiger partial charge on any atom is -0.494 e. The Morgan fingerprint density at radius 2 is 2.13 bits per heavy atom. The molecule has 2 rings (SSSR count). The number of piperazine rings is 1. The molecule has 0 radical (unpaired) electrons. The number of methoxy groups -OCH3 is 1. The van der Waals surface area contributed by atoms with Gasteiger partial charge in [-0.3, -0.25) is 9.59 Å². The number of benzene rings is 1. The predicted molar refractivity (Wildman–Crippen MR) is 87.8 cm³/mol. The Labute approximate surface area is 141 Å². The van der Waals surface area contributed by atoms with E-state index in [-0.39, 0.29) is 54.3 Å². The SMILES string of the molecule is COc1ccc(C(=O)CCC(=O)N2CCNC(C)C2)cc1F.Cl. The summed E-state index contributed by atoms with van der Waals surface area (Å²) in [5.41, 5.74) is 0.264. The molecule has 0 saturated carbocycles. The molecule has 1 aromatic rings. The van der Waals surface area contributed by atoms with Gasteiger partial charge in [-0.25, -0.2) is 4.39 Å². The number of nitrogens with one attached hydrogen (secondary N) is 1. The van der Waals surface area contributed by atoms with Gasteiger partial charge in [0.25, 0.3) is 0 Å². The summed E-state index contributed by atoms with van der Waals surface area (Å²) in [6.07, 6.45) is 0.238. The molecule has 1 aromatic carbocycles. The van der Waals surface area contributed by atoms with Gasteiger partial charge in [0, 0.05) is 44.1 Å². The summed E-state index contributed by atoms with van der Waals surface area (Å²) in [5, 5.41) is 3.26. The van der Waals surface area contributed by atoms with Gasteiger partial charge < -0.3 is 15.0 Å². The van der Waals surface area contributed by atoms with Crippen LogP contribution in [-0.2, 0) is 4.79 Å². The Hall–Kier alpha value is -1.66. The summed E-state index contributed by atoms with van der Waals surface area (Å²) in [7, 11) is 1.37. The van der Waals surface area contributed by atoms with Crippen molar-refractivity contribution in [2.75, 3.05) is 26.7 Å². The average Bonchev–Trinajstić information content (AvgIpc) is 2.52. The largest absolute Gasteiger partial charge is 0.494 e. The first-order chi connectivity index (χ1) is 10.5. The highest BCUT2D eigenvalue weighted by atomic mass is 35.5. The van der Waals surface area contributed by atoms with Crippen molar-refractivity contribution in [3.05, 3.63) is 29.6 Å². The van der Waals surface area contributed by atoms with Crippen LogP contribution in [0.25, 0.3) is 0 Å². The van der Waals surface area contributed by atoms with E-state index in [9.17, 15) is 14.0 Å². The van der Waals surface area contributed by atoms with E-state index >= 15 is 0 Å². The summed E-state index contributed by atoms with van der Waals surface area (Å²) in [6, 6.07) is 4.35. The number of amides is 1. The van der Waals surface area contributed by atoms with Crippen LogP contribution in [0, 0.1) is 5.82 Å². The lowest BCUT2D eigenvalue weighted by molar-refractivity contribution is -0.132. The van der Waals surface area contributed by atoms with Crippen molar-refractivity contribution >= 4 is 24.1 Å². The molecule has 0 bridgehead atoms. The highest BCUT2D eigenvalue weighted by molar-refractivity contribution is 5.98. The van der Waals surface area contributed by atoms with Crippen LogP contribution in [-0.4, -0.2) is 49.4 Å². The fourth-order valence-electron chi connectivity index (χ4n) is 2.52. The molecule has 0 spiro atoms. The molecule has 1 fully saturated rings. The van der Waals surface area contributed by atoms with Gasteiger partial charge in [-0.15, -0.1) is 12.4 Å². The van der Waals surface area contributed by atoms with Crippen molar-refractivity contribution in [1.82, 2.24) is 10.2 Å². The zero-order valence-electron chi connectivity index (χ0n) is 13.3. The zero-order valence-corrected chi connectivity index (χ0v) is 14.1. The first-order valence-corrected chi connectivity index (χ1v) is 7.39. The molecule has 5 nitrogen and oxygen atoms in total. The van der Waals surface area contributed by atoms with Crippen LogP contribution < -0.4 is 10.1 Å². The van der Waals surface area contributed by atoms with E-state index in [1.807, 2.05) is 6.92 Å². The maximum absolute atomic E-state index is 13.6. The van der Waals surface area contributed by atoms with E-state index in [0.29, 0.717) is 13.1 Å². The van der Waals surface area contributed by atoms with Gasteiger partial charge >= 0.3 is 0 Å². The Kier molecular flexibility index (Phi) is 7.45. The molecule has 1 unspecified atom stereocenters. The molecular weight excluding hydrogens is 323 g/mol. The quantitative estimate of drug-likeness (QED) is 0.830. The monoisotopic (exact) mass is 344 g/mol. The number of carbonyl (C=O) groups is 2. The summed E-state index contributed by atoms with van der Waals surface area (Å²) in [6.45, 7) is 4.11. The number of rotatable bonds is 5. The Morgan fingerprint density at radius 3 is 2.74 bits per heavy atom. The van der Waals surface area contributed by atoms with Gasteiger partial charge in [0.2, 0.25) is 5.91 Å². The summed E-state index contributed by atoms with van der Waals surface area (Å²) in [5.74, 6) is -0.744. The number of hydrogen-bond donors (Lipinski definition) is 1. The number of ketones is 1. The molecule has 23 heavy (non-hydrogen) atoms. The zero-order chi connectivity index (χ0) is 16.1. The molecule has 0 aromatic heterocycles. The van der Waals surface area contributed by atoms with Crippen molar-refractivity contribution in [2.24, 2.45) is 0 Å². The Bertz CT molecular complexity index is 568. The predicted octanol–water partition coefficient (Wildman–Crippen LogP) is 2.04. The Morgan fingerprint density at radius 1 is 1.39 bits per heavy atom. The van der Waals surface area contributed by atoms with Crippen molar-refractivity contribution in [1.29, 1.82) is 0 Å². The van der Waals surface area contributed by atoms with Crippen LogP contribution in [0.2, 0.25) is 0 Å². The van der Waals surface area contributed by atoms with Gasteiger partial charge in [0.05, 0.1) is 7.11 Å². The number of nitrogens with zero attached hydrogens (tertiary/aromatic N) is 1. The summed E-state index contributed by atoms with van der Waals surface area (Å²) < 4.78 is 18.4. The molecule has 0 aliphatic carbocycles. The van der Waals surface area contributed by atoms with E-state index in [4.69, 9.17) is 4.74 Å². The molecule has 1 aliphatic heterocycles. The number of ether oxygens (including phenoxy) is 1. The molecule has 1 atom stereocenters. The second-order valence-electron chi connectivity index (χ2n) is 5.47. The number of carbonyl (C=O) groups excluding carboxylic acids is 2. The molecule has 7 heteroatoms. The normalized spacial score (nSPS) is 17.3. The topological polar surface area (TPSA) is 58.6 Å². The van der Waals surface area contributed by atoms with Crippen LogP contribution in [0.15, 0.2) is 18.2 Å². The van der Waals surface area contributed by atoms with Crippen LogP contribution in [0.3, 0.4) is 0 Å². The minimum absolute atomic E-state index is 0. The van der Waals surface area contributed by atoms with Gasteiger partial charge in [-0.05, 0) is 25.1 Å². The molecular formula is C16H22ClFN2O3. The molecule has 1 aliphatic rings. The molecule has 1 amide bonds. The lowest BCUT2D eigenvalue weighted by Crippen LogP contribution is -2.51. The Balaban J connectivity index is 0.00000264. The molecule has 1 N–H and O–H groups in total. The van der Waals surface area contributed by atoms with Gasteiger partial charge in [-0.1, -0.05) is 0 Å². The fourth-order valence-corrected chi connectivity index (χ4v) is 2.52. The van der Waals surface area contributed by atoms with Crippen molar-refractivity contribution in [3.8, 4) is 5.75 Å². The lowest BCUT2D eigenvalue weighted by atomic mass is 10.1. The third kappa shape index (κ3) is 5.18. The van der Waals surface area contributed by atoms with Crippen LogP contribution in [0.5, 0.6) is 5.75 Å². The second-order valence-corrected chi connectivity index (χ2v) is 5.47. The van der Waals surface area contributed by atoms with E-state index in [1.54, 1.807) is 4.90 Å². The highest BCUT2D eigenvalue weighted by Gasteiger charge is 2.21. The van der Waals surface area contributed by atoms with Crippen LogP contribution in [0.1, 0.15) is 30.1 Å². The molecule has 128 valence electrons. The van der Waals surface area contributed by atoms with Crippen molar-refractivity contribution < 1.29 is 18.7 Å². The second kappa shape index (κ2) is 8.84. The summed E-state index contributed by atoms with van der Waals surface area (Å²) >= 11 is 0. The van der Waals surface area contributed by atoms with Gasteiger partial charge in [-0.2, -0.15) is 0 Å². The van der Waals surface area contributed by atoms with E-state index in [2.05, 4.69) is 5.32 Å². The van der Waals surface area contributed by atoms with Crippen molar-refractivity contribution in [2.45, 2.75) is 25.8 Å². The smallest absolute Gasteiger partial charge is 0.223 e. The maximum Gasteiger partial charge on any atom is 0.223 e. The van der Waals surface area contributed by atoms with E-state index in [1.165, 1.54) is 19.2 Å². The number of halogens is 2. The highest BCUT2D eigenvalue weighted by Crippen LogP contribution is 2.19. The van der Waals surface area contributed by atoms with E-state index in [0.717, 1.165) is 12.6 Å². The average molecular weight is 345 g/mol. The third-order valence-corrected chi connectivity index (χ3v) is 3.76. The third-order valence-electron chi connectivity index (χ3n) is 3.76.